The first kappa shape index (κ1) is 10.4. The van der Waals surface area contributed by atoms with Gasteiger partial charge in [0, 0.05) is 26.2 Å². The van der Waals surface area contributed by atoms with E-state index in [4.69, 9.17) is 0 Å². The quantitative estimate of drug-likeness (QED) is 0.674. The van der Waals surface area contributed by atoms with E-state index in [2.05, 4.69) is 17.1 Å². The molecule has 1 aliphatic carbocycles. The summed E-state index contributed by atoms with van der Waals surface area (Å²) in [5, 5.41) is 3.49. The summed E-state index contributed by atoms with van der Waals surface area (Å²) in [6.07, 6.45) is 5.79. The predicted octanol–water partition coefficient (Wildman–Crippen LogP) is 1.72. The summed E-state index contributed by atoms with van der Waals surface area (Å²) in [6, 6.07) is 0. The SMILES string of the molecule is CCCNCCN1CC2CCC(C2)C1. The maximum atomic E-state index is 3.49. The zero-order valence-corrected chi connectivity index (χ0v) is 9.47. The third-order valence-corrected chi connectivity index (χ3v) is 3.71. The lowest BCUT2D eigenvalue weighted by Crippen LogP contribution is -2.40. The van der Waals surface area contributed by atoms with Gasteiger partial charge in [-0.3, -0.25) is 0 Å². The molecule has 1 saturated heterocycles. The Kier molecular flexibility index (Phi) is 3.82. The topological polar surface area (TPSA) is 15.3 Å². The summed E-state index contributed by atoms with van der Waals surface area (Å²) in [5.41, 5.74) is 0. The molecule has 82 valence electrons. The van der Waals surface area contributed by atoms with E-state index < -0.39 is 0 Å². The molecule has 2 aliphatic rings. The fourth-order valence-electron chi connectivity index (χ4n) is 3.04. The Morgan fingerprint density at radius 3 is 2.50 bits per heavy atom. The summed E-state index contributed by atoms with van der Waals surface area (Å²) < 4.78 is 0. The van der Waals surface area contributed by atoms with E-state index in [1.54, 1.807) is 0 Å². The van der Waals surface area contributed by atoms with Gasteiger partial charge in [-0.1, -0.05) is 6.92 Å². The molecule has 1 aliphatic heterocycles. The molecule has 2 bridgehead atoms. The van der Waals surface area contributed by atoms with Crippen LogP contribution in [0.1, 0.15) is 32.6 Å². The molecule has 2 heteroatoms. The van der Waals surface area contributed by atoms with Gasteiger partial charge in [0.2, 0.25) is 0 Å². The minimum Gasteiger partial charge on any atom is -0.315 e. The van der Waals surface area contributed by atoms with E-state index in [1.165, 1.54) is 58.4 Å². The van der Waals surface area contributed by atoms with Gasteiger partial charge in [0.1, 0.15) is 0 Å². The van der Waals surface area contributed by atoms with Crippen molar-refractivity contribution in [2.24, 2.45) is 11.8 Å². The number of nitrogens with zero attached hydrogens (tertiary/aromatic N) is 1. The number of fused-ring (bicyclic) bond motifs is 2. The van der Waals surface area contributed by atoms with Crippen LogP contribution in [0.2, 0.25) is 0 Å². The minimum atomic E-state index is 1.04. The van der Waals surface area contributed by atoms with E-state index >= 15 is 0 Å². The van der Waals surface area contributed by atoms with Crippen molar-refractivity contribution in [3.63, 3.8) is 0 Å². The molecular formula is C12H24N2. The van der Waals surface area contributed by atoms with Gasteiger partial charge in [0.05, 0.1) is 0 Å². The number of hydrogen-bond donors (Lipinski definition) is 1. The third-order valence-electron chi connectivity index (χ3n) is 3.71. The summed E-state index contributed by atoms with van der Waals surface area (Å²) in [4.78, 5) is 2.68. The number of nitrogens with one attached hydrogen (secondary N) is 1. The van der Waals surface area contributed by atoms with Gasteiger partial charge in [0.25, 0.3) is 0 Å². The Bertz CT molecular complexity index is 158. The summed E-state index contributed by atoms with van der Waals surface area (Å²) in [5.74, 6) is 2.08. The van der Waals surface area contributed by atoms with Crippen LogP contribution in [0, 0.1) is 11.8 Å². The normalized spacial score (nSPS) is 32.4. The van der Waals surface area contributed by atoms with Crippen molar-refractivity contribution in [1.82, 2.24) is 10.2 Å². The molecule has 0 aromatic heterocycles. The van der Waals surface area contributed by atoms with Crippen LogP contribution in [-0.2, 0) is 0 Å². The first-order valence-corrected chi connectivity index (χ1v) is 6.31. The monoisotopic (exact) mass is 196 g/mol. The van der Waals surface area contributed by atoms with Crippen LogP contribution in [0.25, 0.3) is 0 Å². The van der Waals surface area contributed by atoms with Crippen LogP contribution < -0.4 is 5.32 Å². The lowest BCUT2D eigenvalue weighted by molar-refractivity contribution is 0.169. The van der Waals surface area contributed by atoms with Crippen LogP contribution in [-0.4, -0.2) is 37.6 Å². The van der Waals surface area contributed by atoms with Gasteiger partial charge in [-0.25, -0.2) is 0 Å². The molecular weight excluding hydrogens is 172 g/mol. The third kappa shape index (κ3) is 2.71. The molecule has 14 heavy (non-hydrogen) atoms. The van der Waals surface area contributed by atoms with Gasteiger partial charge >= 0.3 is 0 Å². The predicted molar refractivity (Wildman–Crippen MR) is 60.4 cm³/mol. The van der Waals surface area contributed by atoms with E-state index in [1.807, 2.05) is 0 Å². The molecule has 2 atom stereocenters. The Hall–Kier alpha value is -0.0800. The average molecular weight is 196 g/mol. The molecule has 0 aromatic rings. The van der Waals surface area contributed by atoms with Gasteiger partial charge in [-0.2, -0.15) is 0 Å². The van der Waals surface area contributed by atoms with Gasteiger partial charge < -0.3 is 10.2 Å². The Morgan fingerprint density at radius 1 is 1.14 bits per heavy atom. The van der Waals surface area contributed by atoms with Crippen molar-refractivity contribution >= 4 is 0 Å². The second-order valence-electron chi connectivity index (χ2n) is 5.05. The fourth-order valence-corrected chi connectivity index (χ4v) is 3.04. The first-order chi connectivity index (χ1) is 6.88. The van der Waals surface area contributed by atoms with Gasteiger partial charge in [0.15, 0.2) is 0 Å². The summed E-state index contributed by atoms with van der Waals surface area (Å²) in [6.45, 7) is 8.63. The number of likely N-dealkylation sites (tertiary alicyclic amines) is 1. The molecule has 2 nitrogen and oxygen atoms in total. The zero-order valence-electron chi connectivity index (χ0n) is 9.47. The standard InChI is InChI=1S/C12H24N2/c1-2-5-13-6-7-14-9-11-3-4-12(8-11)10-14/h11-13H,2-10H2,1H3. The molecule has 0 aromatic carbocycles. The second-order valence-corrected chi connectivity index (χ2v) is 5.05. The fraction of sp³-hybridized carbons (Fsp3) is 1.00. The number of hydrogen-bond acceptors (Lipinski definition) is 2. The summed E-state index contributed by atoms with van der Waals surface area (Å²) >= 11 is 0. The van der Waals surface area contributed by atoms with E-state index in [0.29, 0.717) is 0 Å². The van der Waals surface area contributed by atoms with Crippen LogP contribution in [0.3, 0.4) is 0 Å². The first-order valence-electron chi connectivity index (χ1n) is 6.31. The molecule has 2 unspecified atom stereocenters. The Labute approximate surface area is 88.1 Å². The van der Waals surface area contributed by atoms with Gasteiger partial charge in [-0.05, 0) is 44.1 Å². The summed E-state index contributed by atoms with van der Waals surface area (Å²) in [7, 11) is 0. The lowest BCUT2D eigenvalue weighted by atomic mass is 9.99. The van der Waals surface area contributed by atoms with Crippen molar-refractivity contribution in [2.45, 2.75) is 32.6 Å². The van der Waals surface area contributed by atoms with Crippen LogP contribution in [0.5, 0.6) is 0 Å². The number of rotatable bonds is 5. The maximum Gasteiger partial charge on any atom is 0.0107 e. The highest BCUT2D eigenvalue weighted by Crippen LogP contribution is 2.35. The van der Waals surface area contributed by atoms with Crippen molar-refractivity contribution < 1.29 is 0 Å². The highest BCUT2D eigenvalue weighted by Gasteiger charge is 2.32. The van der Waals surface area contributed by atoms with Crippen LogP contribution in [0.15, 0.2) is 0 Å². The van der Waals surface area contributed by atoms with Crippen LogP contribution in [0.4, 0.5) is 0 Å². The molecule has 2 fully saturated rings. The highest BCUT2D eigenvalue weighted by molar-refractivity contribution is 4.85. The van der Waals surface area contributed by atoms with E-state index in [-0.39, 0.29) is 0 Å². The molecule has 1 saturated carbocycles. The Morgan fingerprint density at radius 2 is 1.86 bits per heavy atom. The largest absolute Gasteiger partial charge is 0.315 e. The van der Waals surface area contributed by atoms with E-state index in [0.717, 1.165) is 11.8 Å². The average Bonchev–Trinajstić information content (AvgIpc) is 2.53. The Balaban J connectivity index is 1.62. The molecule has 1 N–H and O–H groups in total. The van der Waals surface area contributed by atoms with Crippen molar-refractivity contribution in [1.29, 1.82) is 0 Å². The molecule has 0 spiro atoms. The molecule has 1 heterocycles. The second kappa shape index (κ2) is 5.13. The number of piperidine rings is 1. The smallest absolute Gasteiger partial charge is 0.0107 e. The maximum absolute atomic E-state index is 3.49. The minimum absolute atomic E-state index is 1.04. The zero-order chi connectivity index (χ0) is 9.80. The molecule has 0 amide bonds. The van der Waals surface area contributed by atoms with Crippen molar-refractivity contribution in [3.05, 3.63) is 0 Å². The molecule has 0 radical (unpaired) electrons. The van der Waals surface area contributed by atoms with Crippen LogP contribution >= 0.6 is 0 Å². The van der Waals surface area contributed by atoms with Crippen molar-refractivity contribution in [3.8, 4) is 0 Å². The lowest BCUT2D eigenvalue weighted by Gasteiger charge is -2.31. The van der Waals surface area contributed by atoms with Crippen molar-refractivity contribution in [2.75, 3.05) is 32.7 Å². The highest BCUT2D eigenvalue weighted by atomic mass is 15.2. The molecule has 2 rings (SSSR count). The van der Waals surface area contributed by atoms with E-state index in [9.17, 15) is 0 Å². The van der Waals surface area contributed by atoms with Gasteiger partial charge in [-0.15, -0.1) is 0 Å².